The van der Waals surface area contributed by atoms with Crippen molar-refractivity contribution in [3.05, 3.63) is 34.9 Å². The smallest absolute Gasteiger partial charge is 0.181 e. The predicted octanol–water partition coefficient (Wildman–Crippen LogP) is 1.90. The number of hydrogen-bond donors (Lipinski definition) is 1. The van der Waals surface area contributed by atoms with Crippen molar-refractivity contribution in [2.75, 3.05) is 13.7 Å². The Morgan fingerprint density at radius 2 is 2.25 bits per heavy atom. The van der Waals surface area contributed by atoms with Crippen LogP contribution in [-0.4, -0.2) is 31.6 Å². The standard InChI is InChI=1S/C12H14ClNO2/c1-16-8-6-11(14-7-8)12(15)9-4-2-3-5-10(9)13/h2-5,8,11,14H,6-7H2,1H3. The normalized spacial score (nSPS) is 24.6. The van der Waals surface area contributed by atoms with Gasteiger partial charge in [0.05, 0.1) is 17.2 Å². The second kappa shape index (κ2) is 4.95. The zero-order chi connectivity index (χ0) is 11.5. The topological polar surface area (TPSA) is 38.3 Å². The molecule has 1 N–H and O–H groups in total. The monoisotopic (exact) mass is 239 g/mol. The van der Waals surface area contributed by atoms with Gasteiger partial charge in [0.1, 0.15) is 0 Å². The van der Waals surface area contributed by atoms with E-state index in [2.05, 4.69) is 5.32 Å². The molecule has 2 rings (SSSR count). The maximum absolute atomic E-state index is 12.1. The summed E-state index contributed by atoms with van der Waals surface area (Å²) in [6.07, 6.45) is 0.831. The summed E-state index contributed by atoms with van der Waals surface area (Å²) < 4.78 is 5.21. The first-order valence-corrected chi connectivity index (χ1v) is 5.65. The van der Waals surface area contributed by atoms with E-state index in [0.29, 0.717) is 17.0 Å². The molecule has 0 radical (unpaired) electrons. The molecule has 1 aromatic carbocycles. The number of carbonyl (C=O) groups is 1. The maximum Gasteiger partial charge on any atom is 0.181 e. The molecule has 3 nitrogen and oxygen atoms in total. The molecule has 0 saturated carbocycles. The quantitative estimate of drug-likeness (QED) is 0.819. The fourth-order valence-electron chi connectivity index (χ4n) is 1.93. The number of methoxy groups -OCH3 is 1. The van der Waals surface area contributed by atoms with Crippen molar-refractivity contribution in [2.45, 2.75) is 18.6 Å². The molecule has 16 heavy (non-hydrogen) atoms. The van der Waals surface area contributed by atoms with Gasteiger partial charge in [-0.25, -0.2) is 0 Å². The number of rotatable bonds is 3. The lowest BCUT2D eigenvalue weighted by Gasteiger charge is -2.10. The highest BCUT2D eigenvalue weighted by molar-refractivity contribution is 6.34. The zero-order valence-electron chi connectivity index (χ0n) is 9.07. The number of ether oxygens (including phenoxy) is 1. The molecule has 1 aromatic rings. The Morgan fingerprint density at radius 1 is 1.50 bits per heavy atom. The molecule has 1 heterocycles. The summed E-state index contributed by atoms with van der Waals surface area (Å²) in [5.41, 5.74) is 0.582. The van der Waals surface area contributed by atoms with Crippen LogP contribution >= 0.6 is 11.6 Å². The molecule has 0 bridgehead atoms. The van der Waals surface area contributed by atoms with Crippen LogP contribution in [0.15, 0.2) is 24.3 Å². The highest BCUT2D eigenvalue weighted by Gasteiger charge is 2.30. The van der Waals surface area contributed by atoms with Crippen molar-refractivity contribution >= 4 is 17.4 Å². The van der Waals surface area contributed by atoms with Crippen molar-refractivity contribution in [3.8, 4) is 0 Å². The van der Waals surface area contributed by atoms with Crippen LogP contribution < -0.4 is 5.32 Å². The van der Waals surface area contributed by atoms with Gasteiger partial charge in [-0.1, -0.05) is 23.7 Å². The van der Waals surface area contributed by atoms with E-state index in [9.17, 15) is 4.79 Å². The van der Waals surface area contributed by atoms with Crippen LogP contribution in [0, 0.1) is 0 Å². The fourth-order valence-corrected chi connectivity index (χ4v) is 2.16. The van der Waals surface area contributed by atoms with E-state index in [1.807, 2.05) is 12.1 Å². The lowest BCUT2D eigenvalue weighted by Crippen LogP contribution is -2.30. The van der Waals surface area contributed by atoms with Gasteiger partial charge in [0.15, 0.2) is 5.78 Å². The number of hydrogen-bond acceptors (Lipinski definition) is 3. The fraction of sp³-hybridized carbons (Fsp3) is 0.417. The number of carbonyl (C=O) groups excluding carboxylic acids is 1. The minimum Gasteiger partial charge on any atom is -0.380 e. The van der Waals surface area contributed by atoms with E-state index in [1.54, 1.807) is 19.2 Å². The Bertz CT molecular complexity index is 394. The number of nitrogens with one attached hydrogen (secondary N) is 1. The van der Waals surface area contributed by atoms with E-state index in [4.69, 9.17) is 16.3 Å². The Kier molecular flexibility index (Phi) is 3.59. The van der Waals surface area contributed by atoms with Crippen molar-refractivity contribution in [3.63, 3.8) is 0 Å². The molecule has 0 amide bonds. The predicted molar refractivity (Wildman–Crippen MR) is 63.0 cm³/mol. The van der Waals surface area contributed by atoms with Crippen LogP contribution in [-0.2, 0) is 4.74 Å². The summed E-state index contributed by atoms with van der Waals surface area (Å²) in [7, 11) is 1.66. The summed E-state index contributed by atoms with van der Waals surface area (Å²) in [4.78, 5) is 12.1. The molecular weight excluding hydrogens is 226 g/mol. The third-order valence-electron chi connectivity index (χ3n) is 2.88. The molecule has 1 aliphatic heterocycles. The first kappa shape index (κ1) is 11.6. The average Bonchev–Trinajstić information content (AvgIpc) is 2.77. The van der Waals surface area contributed by atoms with Crippen molar-refractivity contribution in [1.82, 2.24) is 5.32 Å². The Balaban J connectivity index is 2.12. The van der Waals surface area contributed by atoms with Crippen LogP contribution in [0.2, 0.25) is 5.02 Å². The van der Waals surface area contributed by atoms with Crippen molar-refractivity contribution in [2.24, 2.45) is 0 Å². The van der Waals surface area contributed by atoms with E-state index in [1.165, 1.54) is 0 Å². The molecule has 0 aromatic heterocycles. The van der Waals surface area contributed by atoms with E-state index in [-0.39, 0.29) is 17.9 Å². The van der Waals surface area contributed by atoms with E-state index < -0.39 is 0 Å². The number of ketones is 1. The number of halogens is 1. The van der Waals surface area contributed by atoms with Crippen LogP contribution in [0.5, 0.6) is 0 Å². The van der Waals surface area contributed by atoms with Crippen molar-refractivity contribution in [1.29, 1.82) is 0 Å². The van der Waals surface area contributed by atoms with E-state index >= 15 is 0 Å². The summed E-state index contributed by atoms with van der Waals surface area (Å²) in [5.74, 6) is 0.0464. The summed E-state index contributed by atoms with van der Waals surface area (Å²) in [6, 6.07) is 6.95. The Morgan fingerprint density at radius 3 is 2.88 bits per heavy atom. The van der Waals surface area contributed by atoms with Gasteiger partial charge in [-0.2, -0.15) is 0 Å². The second-order valence-corrected chi connectivity index (χ2v) is 4.31. The highest BCUT2D eigenvalue weighted by Crippen LogP contribution is 2.20. The third-order valence-corrected chi connectivity index (χ3v) is 3.21. The number of benzene rings is 1. The molecule has 1 saturated heterocycles. The first-order chi connectivity index (χ1) is 7.72. The zero-order valence-corrected chi connectivity index (χ0v) is 9.83. The summed E-state index contributed by atoms with van der Waals surface area (Å²) >= 11 is 5.99. The molecular formula is C12H14ClNO2. The van der Waals surface area contributed by atoms with Crippen molar-refractivity contribution < 1.29 is 9.53 Å². The van der Waals surface area contributed by atoms with Crippen LogP contribution in [0.1, 0.15) is 16.8 Å². The highest BCUT2D eigenvalue weighted by atomic mass is 35.5. The first-order valence-electron chi connectivity index (χ1n) is 5.27. The molecule has 86 valence electrons. The molecule has 2 atom stereocenters. The Hall–Kier alpha value is -0.900. The molecule has 4 heteroatoms. The molecule has 1 aliphatic rings. The largest absolute Gasteiger partial charge is 0.380 e. The van der Waals surface area contributed by atoms with Gasteiger partial charge in [0, 0.05) is 19.2 Å². The summed E-state index contributed by atoms with van der Waals surface area (Å²) in [6.45, 7) is 0.720. The van der Waals surface area contributed by atoms with Gasteiger partial charge in [-0.3, -0.25) is 4.79 Å². The SMILES string of the molecule is COC1CNC(C(=O)c2ccccc2Cl)C1. The van der Waals surface area contributed by atoms with Crippen LogP contribution in [0.4, 0.5) is 0 Å². The second-order valence-electron chi connectivity index (χ2n) is 3.90. The average molecular weight is 240 g/mol. The lowest BCUT2D eigenvalue weighted by atomic mass is 10.0. The van der Waals surface area contributed by atoms with Gasteiger partial charge in [-0.05, 0) is 18.6 Å². The van der Waals surface area contributed by atoms with Crippen LogP contribution in [0.3, 0.4) is 0 Å². The minimum atomic E-state index is -0.176. The van der Waals surface area contributed by atoms with E-state index in [0.717, 1.165) is 6.54 Å². The molecule has 2 unspecified atom stereocenters. The molecule has 0 spiro atoms. The number of Topliss-reactive ketones (excluding diaryl/α,β-unsaturated/α-hetero) is 1. The van der Waals surface area contributed by atoms with Gasteiger partial charge in [-0.15, -0.1) is 0 Å². The van der Waals surface area contributed by atoms with Gasteiger partial charge in [0.2, 0.25) is 0 Å². The van der Waals surface area contributed by atoms with Gasteiger partial charge < -0.3 is 10.1 Å². The minimum absolute atomic E-state index is 0.0464. The Labute approximate surface area is 99.7 Å². The molecule has 1 fully saturated rings. The van der Waals surface area contributed by atoms with Gasteiger partial charge in [0.25, 0.3) is 0 Å². The maximum atomic E-state index is 12.1. The lowest BCUT2D eigenvalue weighted by molar-refractivity contribution is 0.0919. The third kappa shape index (κ3) is 2.26. The molecule has 0 aliphatic carbocycles. The van der Waals surface area contributed by atoms with Crippen LogP contribution in [0.25, 0.3) is 0 Å². The summed E-state index contributed by atoms with van der Waals surface area (Å²) in [5, 5.41) is 3.66. The van der Waals surface area contributed by atoms with Gasteiger partial charge >= 0.3 is 0 Å².